The smallest absolute Gasteiger partial charge is 0.274 e. The molecule has 1 amide bonds. The average Bonchev–Trinajstić information content (AvgIpc) is 2.34. The van der Waals surface area contributed by atoms with Crippen LogP contribution in [-0.4, -0.2) is 10.9 Å². The molecule has 2 aromatic rings. The number of rotatable bonds is 2. The molecule has 0 radical (unpaired) electrons. The lowest BCUT2D eigenvalue weighted by atomic mass is 10.3. The molecule has 92 valence electrons. The Kier molecular flexibility index (Phi) is 3.93. The topological polar surface area (TPSA) is 42.0 Å². The van der Waals surface area contributed by atoms with E-state index in [4.69, 9.17) is 11.6 Å². The Hall–Kier alpha value is -1.46. The largest absolute Gasteiger partial charge is 0.321 e. The molecular weight excluding hydrogens is 322 g/mol. The highest BCUT2D eigenvalue weighted by atomic mass is 79.9. The molecule has 1 aromatic carbocycles. The minimum atomic E-state index is -0.531. The van der Waals surface area contributed by atoms with Gasteiger partial charge in [0.15, 0.2) is 0 Å². The highest BCUT2D eigenvalue weighted by Crippen LogP contribution is 2.19. The van der Waals surface area contributed by atoms with Gasteiger partial charge in [-0.2, -0.15) is 0 Å². The molecule has 1 N–H and O–H groups in total. The van der Waals surface area contributed by atoms with Crippen LogP contribution in [0.4, 0.5) is 10.1 Å². The van der Waals surface area contributed by atoms with Gasteiger partial charge in [-0.05, 0) is 46.3 Å². The zero-order valence-electron chi connectivity index (χ0n) is 8.95. The molecule has 0 bridgehead atoms. The lowest BCUT2D eigenvalue weighted by molar-refractivity contribution is 0.102. The van der Waals surface area contributed by atoms with Crippen LogP contribution >= 0.6 is 27.5 Å². The minimum absolute atomic E-state index is 0.0448. The predicted molar refractivity (Wildman–Crippen MR) is 71.3 cm³/mol. The van der Waals surface area contributed by atoms with Gasteiger partial charge in [0.1, 0.15) is 11.5 Å². The summed E-state index contributed by atoms with van der Waals surface area (Å²) in [5, 5.41) is 2.53. The first kappa shape index (κ1) is 13.0. The molecule has 0 spiro atoms. The maximum Gasteiger partial charge on any atom is 0.274 e. The Morgan fingerprint density at radius 2 is 2.11 bits per heavy atom. The quantitative estimate of drug-likeness (QED) is 0.908. The summed E-state index contributed by atoms with van der Waals surface area (Å²) < 4.78 is 13.7. The highest BCUT2D eigenvalue weighted by Gasteiger charge is 2.08. The van der Waals surface area contributed by atoms with Gasteiger partial charge in [0, 0.05) is 16.4 Å². The molecule has 0 aliphatic rings. The molecule has 0 unspecified atom stereocenters. The van der Waals surface area contributed by atoms with Crippen molar-refractivity contribution < 1.29 is 9.18 Å². The highest BCUT2D eigenvalue weighted by molar-refractivity contribution is 9.10. The van der Waals surface area contributed by atoms with E-state index in [-0.39, 0.29) is 16.6 Å². The van der Waals surface area contributed by atoms with Crippen molar-refractivity contribution in [3.8, 4) is 0 Å². The van der Waals surface area contributed by atoms with Gasteiger partial charge in [-0.15, -0.1) is 0 Å². The van der Waals surface area contributed by atoms with Crippen LogP contribution in [0.5, 0.6) is 0 Å². The third-order valence-corrected chi connectivity index (χ3v) is 2.90. The third-order valence-electron chi connectivity index (χ3n) is 2.14. The average molecular weight is 330 g/mol. The number of pyridine rings is 1. The molecule has 0 atom stereocenters. The summed E-state index contributed by atoms with van der Waals surface area (Å²) in [6.45, 7) is 0. The second-order valence-corrected chi connectivity index (χ2v) is 4.77. The molecule has 2 rings (SSSR count). The molecule has 6 heteroatoms. The number of carbonyl (C=O) groups is 1. The van der Waals surface area contributed by atoms with Crippen molar-refractivity contribution in [2.45, 2.75) is 0 Å². The van der Waals surface area contributed by atoms with Crippen molar-refractivity contribution in [3.63, 3.8) is 0 Å². The maximum absolute atomic E-state index is 12.9. The monoisotopic (exact) mass is 328 g/mol. The van der Waals surface area contributed by atoms with E-state index in [2.05, 4.69) is 26.2 Å². The van der Waals surface area contributed by atoms with E-state index in [1.165, 1.54) is 24.4 Å². The van der Waals surface area contributed by atoms with Gasteiger partial charge in [0.05, 0.1) is 5.02 Å². The standard InChI is InChI=1S/C12H7BrClFN2O/c13-7-1-4-11(16-6-7)12(18)17-8-2-3-10(15)9(14)5-8/h1-6H,(H,17,18). The lowest BCUT2D eigenvalue weighted by Gasteiger charge is -2.05. The van der Waals surface area contributed by atoms with Crippen LogP contribution in [0.2, 0.25) is 5.02 Å². The van der Waals surface area contributed by atoms with E-state index in [0.717, 1.165) is 4.47 Å². The fourth-order valence-electron chi connectivity index (χ4n) is 1.28. The minimum Gasteiger partial charge on any atom is -0.321 e. The molecule has 0 aliphatic carbocycles. The maximum atomic E-state index is 12.9. The molecule has 0 saturated carbocycles. The van der Waals surface area contributed by atoms with E-state index in [9.17, 15) is 9.18 Å². The van der Waals surface area contributed by atoms with Crippen LogP contribution in [0, 0.1) is 5.82 Å². The Labute approximate surface area is 116 Å². The summed E-state index contributed by atoms with van der Waals surface area (Å²) in [6, 6.07) is 7.24. The van der Waals surface area contributed by atoms with Gasteiger partial charge in [0.25, 0.3) is 5.91 Å². The number of hydrogen-bond acceptors (Lipinski definition) is 2. The molecule has 1 heterocycles. The third kappa shape index (κ3) is 3.05. The summed E-state index contributed by atoms with van der Waals surface area (Å²) in [7, 11) is 0. The van der Waals surface area contributed by atoms with Crippen molar-refractivity contribution in [1.82, 2.24) is 4.98 Å². The fraction of sp³-hybridized carbons (Fsp3) is 0. The lowest BCUT2D eigenvalue weighted by Crippen LogP contribution is -2.13. The Morgan fingerprint density at radius 3 is 2.72 bits per heavy atom. The second kappa shape index (κ2) is 5.46. The number of carbonyl (C=O) groups excluding carboxylic acids is 1. The number of benzene rings is 1. The fourth-order valence-corrected chi connectivity index (χ4v) is 1.69. The van der Waals surface area contributed by atoms with Crippen LogP contribution in [0.3, 0.4) is 0 Å². The predicted octanol–water partition coefficient (Wildman–Crippen LogP) is 3.89. The molecule has 18 heavy (non-hydrogen) atoms. The molecule has 1 aromatic heterocycles. The van der Waals surface area contributed by atoms with Crippen LogP contribution in [0.15, 0.2) is 41.0 Å². The van der Waals surface area contributed by atoms with Crippen LogP contribution in [0.1, 0.15) is 10.5 Å². The SMILES string of the molecule is O=C(Nc1ccc(F)c(Cl)c1)c1ccc(Br)cn1. The van der Waals surface area contributed by atoms with Gasteiger partial charge in [0.2, 0.25) is 0 Å². The first-order valence-corrected chi connectivity index (χ1v) is 6.11. The summed E-state index contributed by atoms with van der Waals surface area (Å²) in [6.07, 6.45) is 1.52. The Morgan fingerprint density at radius 1 is 1.33 bits per heavy atom. The zero-order valence-corrected chi connectivity index (χ0v) is 11.3. The number of nitrogens with one attached hydrogen (secondary N) is 1. The van der Waals surface area contributed by atoms with Crippen molar-refractivity contribution >= 4 is 39.1 Å². The Balaban J connectivity index is 2.16. The van der Waals surface area contributed by atoms with E-state index in [1.807, 2.05) is 0 Å². The van der Waals surface area contributed by atoms with Crippen LogP contribution in [-0.2, 0) is 0 Å². The van der Waals surface area contributed by atoms with Crippen molar-refractivity contribution in [3.05, 3.63) is 57.5 Å². The van der Waals surface area contributed by atoms with E-state index >= 15 is 0 Å². The van der Waals surface area contributed by atoms with E-state index in [1.54, 1.807) is 12.1 Å². The number of nitrogens with zero attached hydrogens (tertiary/aromatic N) is 1. The van der Waals surface area contributed by atoms with Gasteiger partial charge >= 0.3 is 0 Å². The molecular formula is C12H7BrClFN2O. The number of hydrogen-bond donors (Lipinski definition) is 1. The van der Waals surface area contributed by atoms with Gasteiger partial charge in [-0.25, -0.2) is 9.37 Å². The normalized spacial score (nSPS) is 10.2. The summed E-state index contributed by atoms with van der Waals surface area (Å²) in [5.41, 5.74) is 0.676. The van der Waals surface area contributed by atoms with Crippen molar-refractivity contribution in [1.29, 1.82) is 0 Å². The summed E-state index contributed by atoms with van der Waals surface area (Å²) in [4.78, 5) is 15.7. The van der Waals surface area contributed by atoms with Crippen LogP contribution in [0.25, 0.3) is 0 Å². The van der Waals surface area contributed by atoms with Gasteiger partial charge in [-0.3, -0.25) is 4.79 Å². The van der Waals surface area contributed by atoms with Crippen LogP contribution < -0.4 is 5.32 Å². The molecule has 0 fully saturated rings. The first-order valence-electron chi connectivity index (χ1n) is 4.94. The summed E-state index contributed by atoms with van der Waals surface area (Å²) in [5.74, 6) is -0.915. The zero-order chi connectivity index (χ0) is 13.1. The van der Waals surface area contributed by atoms with Gasteiger partial charge < -0.3 is 5.32 Å². The number of anilines is 1. The van der Waals surface area contributed by atoms with E-state index < -0.39 is 5.82 Å². The number of aromatic nitrogens is 1. The number of amides is 1. The van der Waals surface area contributed by atoms with E-state index in [0.29, 0.717) is 5.69 Å². The van der Waals surface area contributed by atoms with Crippen molar-refractivity contribution in [2.75, 3.05) is 5.32 Å². The first-order chi connectivity index (χ1) is 8.56. The summed E-state index contributed by atoms with van der Waals surface area (Å²) >= 11 is 8.84. The second-order valence-electron chi connectivity index (χ2n) is 3.44. The number of halogens is 3. The Bertz CT molecular complexity index is 589. The van der Waals surface area contributed by atoms with Gasteiger partial charge in [-0.1, -0.05) is 11.6 Å². The molecule has 3 nitrogen and oxygen atoms in total. The molecule has 0 aliphatic heterocycles. The molecule has 0 saturated heterocycles. The van der Waals surface area contributed by atoms with Crippen molar-refractivity contribution in [2.24, 2.45) is 0 Å².